The molecule has 118 valence electrons. The number of amides is 2. The first kappa shape index (κ1) is 18.0. The Balaban J connectivity index is 2.51. The molecule has 5 nitrogen and oxygen atoms in total. The molecule has 1 unspecified atom stereocenters. The van der Waals surface area contributed by atoms with Gasteiger partial charge in [0.1, 0.15) is 11.6 Å². The van der Waals surface area contributed by atoms with E-state index >= 15 is 0 Å². The van der Waals surface area contributed by atoms with Crippen molar-refractivity contribution in [1.82, 2.24) is 10.2 Å². The fraction of sp³-hybridized carbons (Fsp3) is 0.571. The van der Waals surface area contributed by atoms with Crippen LogP contribution >= 0.6 is 27.3 Å². The number of likely N-dealkylation sites (N-methyl/N-ethyl adjacent to an activating group) is 1. The number of alkyl carbamates (subject to hydrolysis) is 1. The van der Waals surface area contributed by atoms with Crippen molar-refractivity contribution in [3.8, 4) is 0 Å². The zero-order chi connectivity index (χ0) is 16.2. The van der Waals surface area contributed by atoms with E-state index in [9.17, 15) is 9.59 Å². The summed E-state index contributed by atoms with van der Waals surface area (Å²) in [6.07, 6.45) is -0.587. The zero-order valence-corrected chi connectivity index (χ0v) is 15.3. The molecular weight excluding hydrogens is 356 g/mol. The van der Waals surface area contributed by atoms with Gasteiger partial charge in [0.2, 0.25) is 5.91 Å². The minimum absolute atomic E-state index is 0.162. The minimum atomic E-state index is -0.631. The molecule has 21 heavy (non-hydrogen) atoms. The Hall–Kier alpha value is -1.08. The number of nitrogens with zero attached hydrogens (tertiary/aromatic N) is 1. The van der Waals surface area contributed by atoms with Crippen LogP contribution in [0.5, 0.6) is 0 Å². The van der Waals surface area contributed by atoms with Crippen LogP contribution in [0.4, 0.5) is 4.79 Å². The van der Waals surface area contributed by atoms with Gasteiger partial charge in [0, 0.05) is 11.9 Å². The number of hydrogen-bond donors (Lipinski definition) is 1. The summed E-state index contributed by atoms with van der Waals surface area (Å²) in [4.78, 5) is 26.5. The average Bonchev–Trinajstić information content (AvgIpc) is 2.70. The van der Waals surface area contributed by atoms with Crippen molar-refractivity contribution in [3.05, 3.63) is 20.8 Å². The number of thiophene rings is 1. The van der Waals surface area contributed by atoms with Crippen LogP contribution in [0.2, 0.25) is 0 Å². The van der Waals surface area contributed by atoms with E-state index < -0.39 is 17.7 Å². The summed E-state index contributed by atoms with van der Waals surface area (Å²) in [6.45, 7) is 7.49. The first-order valence-electron chi connectivity index (χ1n) is 6.57. The van der Waals surface area contributed by atoms with E-state index in [0.29, 0.717) is 6.54 Å². The fourth-order valence-corrected chi connectivity index (χ4v) is 3.16. The summed E-state index contributed by atoms with van der Waals surface area (Å²) in [5.74, 6) is -0.162. The van der Waals surface area contributed by atoms with Crippen molar-refractivity contribution in [2.45, 2.75) is 45.9 Å². The van der Waals surface area contributed by atoms with Crippen LogP contribution in [0.25, 0.3) is 0 Å². The van der Waals surface area contributed by atoms with Crippen LogP contribution in [-0.2, 0) is 16.1 Å². The Morgan fingerprint density at radius 2 is 2.05 bits per heavy atom. The molecule has 0 spiro atoms. The molecule has 0 saturated heterocycles. The number of nitrogens with one attached hydrogen (secondary N) is 1. The second-order valence-electron chi connectivity index (χ2n) is 5.77. The Labute approximate surface area is 137 Å². The second kappa shape index (κ2) is 7.26. The van der Waals surface area contributed by atoms with Crippen LogP contribution in [0.15, 0.2) is 15.9 Å². The maximum atomic E-state index is 12.2. The average molecular weight is 377 g/mol. The van der Waals surface area contributed by atoms with Crippen LogP contribution < -0.4 is 5.32 Å². The molecule has 1 aromatic rings. The third kappa shape index (κ3) is 6.48. The van der Waals surface area contributed by atoms with Gasteiger partial charge in [-0.25, -0.2) is 4.79 Å². The van der Waals surface area contributed by atoms with E-state index in [2.05, 4.69) is 21.2 Å². The van der Waals surface area contributed by atoms with Gasteiger partial charge in [-0.3, -0.25) is 4.79 Å². The van der Waals surface area contributed by atoms with Gasteiger partial charge in [0.05, 0.1) is 10.3 Å². The quantitative estimate of drug-likeness (QED) is 0.875. The zero-order valence-electron chi connectivity index (χ0n) is 12.9. The fourth-order valence-electron chi connectivity index (χ4n) is 1.63. The van der Waals surface area contributed by atoms with Crippen LogP contribution in [0.3, 0.4) is 0 Å². The third-order valence-corrected chi connectivity index (χ3v) is 4.11. The van der Waals surface area contributed by atoms with E-state index in [-0.39, 0.29) is 5.91 Å². The summed E-state index contributed by atoms with van der Waals surface area (Å²) >= 11 is 4.97. The van der Waals surface area contributed by atoms with Gasteiger partial charge in [0.15, 0.2) is 0 Å². The molecule has 1 heterocycles. The van der Waals surface area contributed by atoms with Crippen molar-refractivity contribution in [3.63, 3.8) is 0 Å². The van der Waals surface area contributed by atoms with Gasteiger partial charge >= 0.3 is 6.09 Å². The monoisotopic (exact) mass is 376 g/mol. The number of halogens is 1. The van der Waals surface area contributed by atoms with Gasteiger partial charge < -0.3 is 15.0 Å². The molecule has 0 aliphatic rings. The van der Waals surface area contributed by atoms with Crippen molar-refractivity contribution >= 4 is 39.3 Å². The Morgan fingerprint density at radius 3 is 2.52 bits per heavy atom. The van der Waals surface area contributed by atoms with Crippen molar-refractivity contribution in [2.24, 2.45) is 0 Å². The van der Waals surface area contributed by atoms with E-state index in [4.69, 9.17) is 4.74 Å². The highest BCUT2D eigenvalue weighted by atomic mass is 79.9. The maximum absolute atomic E-state index is 12.2. The van der Waals surface area contributed by atoms with Crippen molar-refractivity contribution in [2.75, 3.05) is 7.05 Å². The molecule has 1 atom stereocenters. The van der Waals surface area contributed by atoms with Gasteiger partial charge in [-0.15, -0.1) is 11.3 Å². The van der Waals surface area contributed by atoms with Crippen LogP contribution in [-0.4, -0.2) is 35.6 Å². The molecule has 0 fully saturated rings. The lowest BCUT2D eigenvalue weighted by Gasteiger charge is -2.24. The van der Waals surface area contributed by atoms with Gasteiger partial charge in [0.25, 0.3) is 0 Å². The Bertz CT molecular complexity index is 511. The lowest BCUT2D eigenvalue weighted by molar-refractivity contribution is -0.132. The highest BCUT2D eigenvalue weighted by Crippen LogP contribution is 2.23. The topological polar surface area (TPSA) is 58.6 Å². The summed E-state index contributed by atoms with van der Waals surface area (Å²) in [5, 5.41) is 2.55. The molecule has 0 aliphatic heterocycles. The van der Waals surface area contributed by atoms with Crippen molar-refractivity contribution in [1.29, 1.82) is 0 Å². The first-order chi connectivity index (χ1) is 9.58. The van der Waals surface area contributed by atoms with E-state index in [0.717, 1.165) is 8.66 Å². The summed E-state index contributed by atoms with van der Waals surface area (Å²) < 4.78 is 6.16. The number of ether oxygens (including phenoxy) is 1. The number of hydrogen-bond acceptors (Lipinski definition) is 4. The summed E-state index contributed by atoms with van der Waals surface area (Å²) in [7, 11) is 1.71. The lowest BCUT2D eigenvalue weighted by atomic mass is 10.2. The largest absolute Gasteiger partial charge is 0.444 e. The predicted octanol–water partition coefficient (Wildman–Crippen LogP) is 3.38. The predicted molar refractivity (Wildman–Crippen MR) is 87.3 cm³/mol. The highest BCUT2D eigenvalue weighted by molar-refractivity contribution is 9.11. The van der Waals surface area contributed by atoms with E-state index in [1.165, 1.54) is 0 Å². The molecule has 0 radical (unpaired) electrons. The number of rotatable bonds is 4. The highest BCUT2D eigenvalue weighted by Gasteiger charge is 2.23. The molecule has 7 heteroatoms. The number of carbonyl (C=O) groups is 2. The van der Waals surface area contributed by atoms with Gasteiger partial charge in [-0.1, -0.05) is 0 Å². The normalized spacial score (nSPS) is 12.7. The van der Waals surface area contributed by atoms with Crippen LogP contribution in [0.1, 0.15) is 32.6 Å². The van der Waals surface area contributed by atoms with Crippen LogP contribution in [0, 0.1) is 0 Å². The maximum Gasteiger partial charge on any atom is 0.408 e. The molecule has 0 saturated carbocycles. The Kier molecular flexibility index (Phi) is 6.22. The Morgan fingerprint density at radius 1 is 1.43 bits per heavy atom. The second-order valence-corrected chi connectivity index (χ2v) is 8.32. The standard InChI is InChI=1S/C14H21BrN2O3S/c1-9(16-13(19)20-14(2,3)4)12(18)17(5)8-10-6-7-11(15)21-10/h6-7,9H,8H2,1-5H3,(H,16,19). The molecule has 0 aliphatic carbocycles. The molecule has 2 amide bonds. The molecular formula is C14H21BrN2O3S. The van der Waals surface area contributed by atoms with Gasteiger partial charge in [-0.05, 0) is 55.8 Å². The van der Waals surface area contributed by atoms with E-state index in [1.807, 2.05) is 12.1 Å². The first-order valence-corrected chi connectivity index (χ1v) is 8.18. The molecule has 0 bridgehead atoms. The number of carbonyl (C=O) groups excluding carboxylic acids is 2. The summed E-state index contributed by atoms with van der Waals surface area (Å²) in [5.41, 5.74) is -0.581. The lowest BCUT2D eigenvalue weighted by Crippen LogP contribution is -2.46. The smallest absolute Gasteiger partial charge is 0.408 e. The van der Waals surface area contributed by atoms with Gasteiger partial charge in [-0.2, -0.15) is 0 Å². The minimum Gasteiger partial charge on any atom is -0.444 e. The third-order valence-electron chi connectivity index (χ3n) is 2.50. The van der Waals surface area contributed by atoms with E-state index in [1.54, 1.807) is 51.0 Å². The molecule has 1 aromatic heterocycles. The molecule has 1 N–H and O–H groups in total. The summed E-state index contributed by atoms with van der Waals surface area (Å²) in [6, 6.07) is 3.28. The molecule has 1 rings (SSSR count). The molecule has 0 aromatic carbocycles. The van der Waals surface area contributed by atoms with Crippen molar-refractivity contribution < 1.29 is 14.3 Å². The SMILES string of the molecule is CC(NC(=O)OC(C)(C)C)C(=O)N(C)Cc1ccc(Br)s1.